The molecule has 0 radical (unpaired) electrons. The van der Waals surface area contributed by atoms with Crippen LogP contribution in [0.25, 0.3) is 0 Å². The van der Waals surface area contributed by atoms with Gasteiger partial charge in [0.25, 0.3) is 0 Å². The van der Waals surface area contributed by atoms with E-state index in [1.54, 1.807) is 0 Å². The van der Waals surface area contributed by atoms with Crippen molar-refractivity contribution in [1.29, 1.82) is 0 Å². The van der Waals surface area contributed by atoms with Crippen LogP contribution in [0.2, 0.25) is 0 Å². The van der Waals surface area contributed by atoms with Crippen molar-refractivity contribution < 1.29 is 5.11 Å². The highest BCUT2D eigenvalue weighted by molar-refractivity contribution is 7.98. The highest BCUT2D eigenvalue weighted by atomic mass is 31.2. The lowest BCUT2D eigenvalue weighted by Crippen LogP contribution is -2.42. The number of hydrogen-bond acceptors (Lipinski definition) is 2. The molecule has 0 fully saturated rings. The zero-order valence-corrected chi connectivity index (χ0v) is 18.6. The van der Waals surface area contributed by atoms with E-state index in [1.165, 1.54) is 15.9 Å². The van der Waals surface area contributed by atoms with Gasteiger partial charge in [0.1, 0.15) is 23.2 Å². The first-order valence-electron chi connectivity index (χ1n) is 10.2. The molecule has 0 amide bonds. The number of rotatable bonds is 7. The fraction of sp³-hybridized carbons (Fsp3) is 0.231. The molecule has 0 bridgehead atoms. The van der Waals surface area contributed by atoms with Crippen LogP contribution >= 0.6 is 7.26 Å². The minimum Gasteiger partial charge on any atom is -0.858 e. The van der Waals surface area contributed by atoms with Crippen molar-refractivity contribution in [3.8, 4) is 0 Å². The van der Waals surface area contributed by atoms with Crippen LogP contribution in [0.5, 0.6) is 0 Å². The van der Waals surface area contributed by atoms with E-state index in [4.69, 9.17) is 0 Å². The number of benzene rings is 3. The molecule has 3 aromatic carbocycles. The molecule has 150 valence electrons. The van der Waals surface area contributed by atoms with Crippen LogP contribution in [0, 0.1) is 0 Å². The maximum atomic E-state index is 13.7. The predicted octanol–water partition coefficient (Wildman–Crippen LogP) is 4.26. The van der Waals surface area contributed by atoms with Crippen LogP contribution in [0.1, 0.15) is 27.7 Å². The van der Waals surface area contributed by atoms with Gasteiger partial charge in [0.2, 0.25) is 0 Å². The fourth-order valence-corrected chi connectivity index (χ4v) is 7.73. The SMILES string of the molecule is CC(C)N(/C([O-])=C/[P+](c1ccccc1)(c1ccccc1)c1ccccc1)C(C)C. The Balaban J connectivity index is 2.35. The topological polar surface area (TPSA) is 26.3 Å². The summed E-state index contributed by atoms with van der Waals surface area (Å²) in [5.74, 6) is 2.12. The molecular formula is C26H30NOP. The molecule has 0 atom stereocenters. The predicted molar refractivity (Wildman–Crippen MR) is 125 cm³/mol. The number of hydrogen-bond donors (Lipinski definition) is 0. The van der Waals surface area contributed by atoms with Gasteiger partial charge in [-0.2, -0.15) is 0 Å². The second-order valence-electron chi connectivity index (χ2n) is 7.79. The Morgan fingerprint density at radius 2 is 0.966 bits per heavy atom. The average Bonchev–Trinajstić information content (AvgIpc) is 2.73. The summed E-state index contributed by atoms with van der Waals surface area (Å²) in [6.45, 7) is 8.33. The molecule has 3 aromatic rings. The third-order valence-electron chi connectivity index (χ3n) is 5.16. The molecule has 0 heterocycles. The van der Waals surface area contributed by atoms with Crippen LogP contribution in [0.4, 0.5) is 0 Å². The zero-order chi connectivity index (χ0) is 20.9. The molecule has 0 spiro atoms. The van der Waals surface area contributed by atoms with Gasteiger partial charge in [0.15, 0.2) is 0 Å². The van der Waals surface area contributed by atoms with Gasteiger partial charge in [-0.3, -0.25) is 0 Å². The van der Waals surface area contributed by atoms with Gasteiger partial charge in [0.05, 0.1) is 5.82 Å². The lowest BCUT2D eigenvalue weighted by Gasteiger charge is -2.39. The van der Waals surface area contributed by atoms with Crippen molar-refractivity contribution in [3.63, 3.8) is 0 Å². The van der Waals surface area contributed by atoms with E-state index in [-0.39, 0.29) is 18.0 Å². The van der Waals surface area contributed by atoms with Gasteiger partial charge < -0.3 is 10.0 Å². The van der Waals surface area contributed by atoms with Crippen LogP contribution < -0.4 is 21.0 Å². The lowest BCUT2D eigenvalue weighted by molar-refractivity contribution is -0.337. The Morgan fingerprint density at radius 3 is 1.24 bits per heavy atom. The lowest BCUT2D eigenvalue weighted by atomic mass is 10.2. The molecular weight excluding hydrogens is 373 g/mol. The molecule has 2 nitrogen and oxygen atoms in total. The van der Waals surface area contributed by atoms with Crippen molar-refractivity contribution in [2.75, 3.05) is 0 Å². The summed E-state index contributed by atoms with van der Waals surface area (Å²) >= 11 is 0. The quantitative estimate of drug-likeness (QED) is 0.435. The van der Waals surface area contributed by atoms with Crippen LogP contribution in [-0.4, -0.2) is 17.0 Å². The minimum absolute atomic E-state index is 0.0971. The van der Waals surface area contributed by atoms with Gasteiger partial charge >= 0.3 is 0 Å². The second-order valence-corrected chi connectivity index (χ2v) is 11.0. The first-order valence-corrected chi connectivity index (χ1v) is 12.1. The minimum atomic E-state index is -2.26. The Labute approximate surface area is 175 Å². The summed E-state index contributed by atoms with van der Waals surface area (Å²) in [6.07, 6.45) is 0. The highest BCUT2D eigenvalue weighted by Gasteiger charge is 2.43. The van der Waals surface area contributed by atoms with Gasteiger partial charge in [0, 0.05) is 12.1 Å². The Morgan fingerprint density at radius 1 is 0.655 bits per heavy atom. The molecule has 0 aromatic heterocycles. The van der Waals surface area contributed by atoms with Crippen molar-refractivity contribution in [2.45, 2.75) is 39.8 Å². The normalized spacial score (nSPS) is 12.4. The van der Waals surface area contributed by atoms with E-state index >= 15 is 0 Å². The third kappa shape index (κ3) is 4.38. The van der Waals surface area contributed by atoms with Gasteiger partial charge in [-0.25, -0.2) is 0 Å². The maximum absolute atomic E-state index is 13.7. The van der Waals surface area contributed by atoms with E-state index in [0.29, 0.717) is 0 Å². The molecule has 0 unspecified atom stereocenters. The molecule has 0 saturated carbocycles. The van der Waals surface area contributed by atoms with Crippen molar-refractivity contribution >= 4 is 23.2 Å². The van der Waals surface area contributed by atoms with Crippen LogP contribution in [0.15, 0.2) is 103 Å². The monoisotopic (exact) mass is 403 g/mol. The largest absolute Gasteiger partial charge is 0.858 e. The molecule has 0 aliphatic carbocycles. The van der Waals surface area contributed by atoms with E-state index < -0.39 is 7.26 Å². The third-order valence-corrected chi connectivity index (χ3v) is 9.11. The fourth-order valence-electron chi connectivity index (χ4n) is 4.00. The summed E-state index contributed by atoms with van der Waals surface area (Å²) < 4.78 is 0. The summed E-state index contributed by atoms with van der Waals surface area (Å²) in [5.41, 5.74) is 0. The standard InChI is InChI=1S/C26H30NOP/c1-21(2)27(22(3)4)26(28)20-29(23-14-8-5-9-15-23,24-16-10-6-11-17-24)25-18-12-7-13-19-25/h5-22H,1-4H3/b26-20-. The first-order chi connectivity index (χ1) is 14.0. The van der Waals surface area contributed by atoms with Crippen molar-refractivity contribution in [2.24, 2.45) is 0 Å². The Kier molecular flexibility index (Phi) is 6.77. The number of nitrogens with zero attached hydrogens (tertiary/aromatic N) is 1. The maximum Gasteiger partial charge on any atom is 0.137 e. The summed E-state index contributed by atoms with van der Waals surface area (Å²) in [4.78, 5) is 1.98. The molecule has 3 rings (SSSR count). The molecule has 0 N–H and O–H groups in total. The second kappa shape index (κ2) is 9.29. The molecule has 0 aliphatic rings. The van der Waals surface area contributed by atoms with E-state index in [0.717, 1.165) is 0 Å². The summed E-state index contributed by atoms with van der Waals surface area (Å²) in [7, 11) is -2.26. The average molecular weight is 404 g/mol. The van der Waals surface area contributed by atoms with Crippen LogP contribution in [0.3, 0.4) is 0 Å². The zero-order valence-electron chi connectivity index (χ0n) is 17.7. The molecule has 3 heteroatoms. The Hall–Kier alpha value is -2.57. The Bertz CT molecular complexity index is 816. The van der Waals surface area contributed by atoms with Crippen molar-refractivity contribution in [1.82, 2.24) is 4.90 Å². The van der Waals surface area contributed by atoms with E-state index in [1.807, 2.05) is 28.9 Å². The van der Waals surface area contributed by atoms with Gasteiger partial charge in [-0.15, -0.1) is 0 Å². The summed E-state index contributed by atoms with van der Waals surface area (Å²) in [5, 5.41) is 17.2. The molecule has 29 heavy (non-hydrogen) atoms. The molecule has 0 aliphatic heterocycles. The van der Waals surface area contributed by atoms with Crippen molar-refractivity contribution in [3.05, 3.63) is 103 Å². The smallest absolute Gasteiger partial charge is 0.137 e. The first kappa shape index (κ1) is 21.1. The van der Waals surface area contributed by atoms with Gasteiger partial charge in [-0.1, -0.05) is 54.6 Å². The highest BCUT2D eigenvalue weighted by Crippen LogP contribution is 2.57. The molecule has 0 saturated heterocycles. The summed E-state index contributed by atoms with van der Waals surface area (Å²) in [6, 6.07) is 31.7. The van der Waals surface area contributed by atoms with E-state index in [2.05, 4.69) is 100 Å². The van der Waals surface area contributed by atoms with Crippen LogP contribution in [-0.2, 0) is 0 Å². The van der Waals surface area contributed by atoms with E-state index in [9.17, 15) is 5.11 Å². The van der Waals surface area contributed by atoms with Gasteiger partial charge in [-0.05, 0) is 70.0 Å².